The molecular formula is C16H24ClN. The van der Waals surface area contributed by atoms with Crippen LogP contribution in [0.4, 0.5) is 0 Å². The Bertz CT molecular complexity index is 408. The van der Waals surface area contributed by atoms with Gasteiger partial charge in [-0.25, -0.2) is 0 Å². The summed E-state index contributed by atoms with van der Waals surface area (Å²) in [4.78, 5) is 0. The van der Waals surface area contributed by atoms with Crippen molar-refractivity contribution in [1.82, 2.24) is 0 Å². The summed E-state index contributed by atoms with van der Waals surface area (Å²) in [6, 6.07) is 6.58. The van der Waals surface area contributed by atoms with Gasteiger partial charge in [0, 0.05) is 16.5 Å². The first-order valence-corrected chi connectivity index (χ1v) is 7.57. The van der Waals surface area contributed by atoms with Crippen LogP contribution in [-0.2, 0) is 11.8 Å². The Kier molecular flexibility index (Phi) is 4.34. The number of hydrogen-bond acceptors (Lipinski definition) is 1. The summed E-state index contributed by atoms with van der Waals surface area (Å²) in [5.74, 6) is 0. The zero-order chi connectivity index (χ0) is 13.2. The molecule has 1 aromatic carbocycles. The van der Waals surface area contributed by atoms with E-state index in [1.807, 2.05) is 6.07 Å². The van der Waals surface area contributed by atoms with Crippen molar-refractivity contribution in [3.8, 4) is 0 Å². The van der Waals surface area contributed by atoms with E-state index in [0.717, 1.165) is 30.7 Å². The van der Waals surface area contributed by atoms with Crippen molar-refractivity contribution in [2.75, 3.05) is 0 Å². The summed E-state index contributed by atoms with van der Waals surface area (Å²) in [7, 11) is 0. The fourth-order valence-electron chi connectivity index (χ4n) is 3.75. The molecule has 0 aromatic heterocycles. The van der Waals surface area contributed by atoms with Gasteiger partial charge in [0.2, 0.25) is 0 Å². The minimum Gasteiger partial charge on any atom is -0.327 e. The molecule has 0 radical (unpaired) electrons. The third-order valence-corrected chi connectivity index (χ3v) is 4.74. The lowest BCUT2D eigenvalue weighted by Gasteiger charge is -2.45. The molecule has 2 heteroatoms. The van der Waals surface area contributed by atoms with Crippen LogP contribution in [0.1, 0.15) is 57.1 Å². The second-order valence-corrected chi connectivity index (χ2v) is 5.98. The molecule has 2 rings (SSSR count). The molecule has 1 aromatic rings. The maximum Gasteiger partial charge on any atom is 0.0447 e. The lowest BCUT2D eigenvalue weighted by Crippen LogP contribution is -2.49. The Morgan fingerprint density at radius 2 is 1.94 bits per heavy atom. The van der Waals surface area contributed by atoms with Gasteiger partial charge in [0.05, 0.1) is 0 Å². The number of rotatable bonds is 4. The maximum absolute atomic E-state index is 6.51. The first kappa shape index (κ1) is 13.9. The molecule has 0 aliphatic heterocycles. The molecule has 0 heterocycles. The zero-order valence-corrected chi connectivity index (χ0v) is 12.3. The van der Waals surface area contributed by atoms with E-state index in [0.29, 0.717) is 0 Å². The molecule has 2 N–H and O–H groups in total. The molecule has 0 amide bonds. The lowest BCUT2D eigenvalue weighted by atomic mass is 9.62. The molecule has 1 aliphatic rings. The van der Waals surface area contributed by atoms with Gasteiger partial charge in [-0.1, -0.05) is 50.4 Å². The van der Waals surface area contributed by atoms with E-state index >= 15 is 0 Å². The highest BCUT2D eigenvalue weighted by molar-refractivity contribution is 6.31. The van der Waals surface area contributed by atoms with Crippen LogP contribution in [0.25, 0.3) is 0 Å². The van der Waals surface area contributed by atoms with Gasteiger partial charge >= 0.3 is 0 Å². The predicted octanol–water partition coefficient (Wildman–Crippen LogP) is 4.45. The van der Waals surface area contributed by atoms with Gasteiger partial charge in [0.25, 0.3) is 0 Å². The third kappa shape index (κ3) is 2.19. The standard InChI is InChI=1S/C16H24ClN/c1-3-10-16(11-4-2)14(18)9-8-12-6-5-7-13(17)15(12)16/h5-7,14H,3-4,8-11,18H2,1-2H3. The Morgan fingerprint density at radius 3 is 2.56 bits per heavy atom. The number of benzene rings is 1. The molecular weight excluding hydrogens is 242 g/mol. The van der Waals surface area contributed by atoms with Crippen molar-refractivity contribution in [3.05, 3.63) is 34.3 Å². The van der Waals surface area contributed by atoms with E-state index < -0.39 is 0 Å². The van der Waals surface area contributed by atoms with Gasteiger partial charge in [0.1, 0.15) is 0 Å². The molecule has 0 fully saturated rings. The van der Waals surface area contributed by atoms with Crippen molar-refractivity contribution in [1.29, 1.82) is 0 Å². The first-order chi connectivity index (χ1) is 8.65. The topological polar surface area (TPSA) is 26.0 Å². The Morgan fingerprint density at radius 1 is 1.28 bits per heavy atom. The summed E-state index contributed by atoms with van der Waals surface area (Å²) >= 11 is 6.51. The van der Waals surface area contributed by atoms with Crippen molar-refractivity contribution in [2.45, 2.75) is 63.8 Å². The summed E-state index contributed by atoms with van der Waals surface area (Å²) in [6.45, 7) is 4.49. The van der Waals surface area contributed by atoms with E-state index in [-0.39, 0.29) is 11.5 Å². The van der Waals surface area contributed by atoms with E-state index in [1.54, 1.807) is 0 Å². The molecule has 0 bridgehead atoms. The molecule has 18 heavy (non-hydrogen) atoms. The van der Waals surface area contributed by atoms with Gasteiger partial charge in [0.15, 0.2) is 0 Å². The average Bonchev–Trinajstić information content (AvgIpc) is 2.34. The smallest absolute Gasteiger partial charge is 0.0447 e. The van der Waals surface area contributed by atoms with Crippen LogP contribution in [0.2, 0.25) is 5.02 Å². The molecule has 0 saturated heterocycles. The van der Waals surface area contributed by atoms with Crippen molar-refractivity contribution in [3.63, 3.8) is 0 Å². The van der Waals surface area contributed by atoms with Crippen molar-refractivity contribution < 1.29 is 0 Å². The number of aryl methyl sites for hydroxylation is 1. The highest BCUT2D eigenvalue weighted by atomic mass is 35.5. The van der Waals surface area contributed by atoms with E-state index in [2.05, 4.69) is 26.0 Å². The minimum atomic E-state index is 0.107. The van der Waals surface area contributed by atoms with Crippen LogP contribution >= 0.6 is 11.6 Å². The summed E-state index contributed by atoms with van der Waals surface area (Å²) < 4.78 is 0. The highest BCUT2D eigenvalue weighted by Crippen LogP contribution is 2.46. The van der Waals surface area contributed by atoms with Crippen LogP contribution in [0, 0.1) is 0 Å². The Balaban J connectivity index is 2.56. The molecule has 100 valence electrons. The summed E-state index contributed by atoms with van der Waals surface area (Å²) in [5.41, 5.74) is 9.40. The largest absolute Gasteiger partial charge is 0.327 e. The Hall–Kier alpha value is -0.530. The van der Waals surface area contributed by atoms with Crippen LogP contribution in [0.15, 0.2) is 18.2 Å². The molecule has 0 saturated carbocycles. The van der Waals surface area contributed by atoms with Crippen LogP contribution < -0.4 is 5.73 Å². The fraction of sp³-hybridized carbons (Fsp3) is 0.625. The predicted molar refractivity (Wildman–Crippen MR) is 79.2 cm³/mol. The van der Waals surface area contributed by atoms with Crippen molar-refractivity contribution >= 4 is 11.6 Å². The van der Waals surface area contributed by atoms with Crippen LogP contribution in [0.5, 0.6) is 0 Å². The lowest BCUT2D eigenvalue weighted by molar-refractivity contribution is 0.261. The second kappa shape index (κ2) is 5.63. The second-order valence-electron chi connectivity index (χ2n) is 5.58. The number of hydrogen-bond donors (Lipinski definition) is 1. The van der Waals surface area contributed by atoms with E-state index in [9.17, 15) is 0 Å². The molecule has 1 atom stereocenters. The summed E-state index contributed by atoms with van der Waals surface area (Å²) in [5, 5.41) is 0.921. The van der Waals surface area contributed by atoms with E-state index in [1.165, 1.54) is 24.0 Å². The SMILES string of the molecule is CCCC1(CCC)c2c(Cl)cccc2CCC1N. The molecule has 1 unspecified atom stereocenters. The minimum absolute atomic E-state index is 0.107. The quantitative estimate of drug-likeness (QED) is 0.855. The van der Waals surface area contributed by atoms with Gasteiger partial charge < -0.3 is 5.73 Å². The Labute approximate surface area is 116 Å². The molecule has 0 spiro atoms. The number of fused-ring (bicyclic) bond motifs is 1. The monoisotopic (exact) mass is 265 g/mol. The third-order valence-electron chi connectivity index (χ3n) is 4.42. The average molecular weight is 266 g/mol. The van der Waals surface area contributed by atoms with Crippen LogP contribution in [0.3, 0.4) is 0 Å². The van der Waals surface area contributed by atoms with Gasteiger partial charge in [-0.3, -0.25) is 0 Å². The maximum atomic E-state index is 6.51. The summed E-state index contributed by atoms with van der Waals surface area (Å²) in [6.07, 6.45) is 6.80. The highest BCUT2D eigenvalue weighted by Gasteiger charge is 2.42. The number of nitrogens with two attached hydrogens (primary N) is 1. The molecule has 1 aliphatic carbocycles. The van der Waals surface area contributed by atoms with E-state index in [4.69, 9.17) is 17.3 Å². The van der Waals surface area contributed by atoms with Gasteiger partial charge in [-0.05, 0) is 42.9 Å². The van der Waals surface area contributed by atoms with Crippen molar-refractivity contribution in [2.24, 2.45) is 5.73 Å². The zero-order valence-electron chi connectivity index (χ0n) is 11.5. The fourth-order valence-corrected chi connectivity index (χ4v) is 4.13. The van der Waals surface area contributed by atoms with Gasteiger partial charge in [-0.2, -0.15) is 0 Å². The van der Waals surface area contributed by atoms with Crippen LogP contribution in [-0.4, -0.2) is 6.04 Å². The first-order valence-electron chi connectivity index (χ1n) is 7.19. The molecule has 1 nitrogen and oxygen atoms in total. The normalized spacial score (nSPS) is 21.7. The number of halogens is 1. The van der Waals surface area contributed by atoms with Gasteiger partial charge in [-0.15, -0.1) is 0 Å².